The number of rotatable bonds is 4. The Kier molecular flexibility index (Phi) is 4.43. The number of nitrogens with one attached hydrogen (secondary N) is 1. The van der Waals surface area contributed by atoms with E-state index in [9.17, 15) is 9.59 Å². The van der Waals surface area contributed by atoms with Crippen molar-refractivity contribution in [3.63, 3.8) is 0 Å². The molecule has 0 unspecified atom stereocenters. The zero-order chi connectivity index (χ0) is 18.0. The molecule has 0 spiro atoms. The molecule has 1 aromatic heterocycles. The number of pyridine rings is 1. The summed E-state index contributed by atoms with van der Waals surface area (Å²) in [6.07, 6.45) is 0. The van der Waals surface area contributed by atoms with Crippen molar-refractivity contribution in [1.29, 1.82) is 0 Å². The Morgan fingerprint density at radius 3 is 2.44 bits per heavy atom. The molecule has 0 saturated heterocycles. The highest BCUT2D eigenvalue weighted by molar-refractivity contribution is 6.12. The Morgan fingerprint density at radius 2 is 1.72 bits per heavy atom. The zero-order valence-electron chi connectivity index (χ0n) is 14.2. The summed E-state index contributed by atoms with van der Waals surface area (Å²) < 4.78 is 11.9. The van der Waals surface area contributed by atoms with E-state index >= 15 is 0 Å². The first-order valence-electron chi connectivity index (χ1n) is 7.67. The Balaban J connectivity index is 2.01. The van der Waals surface area contributed by atoms with Gasteiger partial charge in [0, 0.05) is 30.3 Å². The molecule has 0 radical (unpaired) electrons. The van der Waals surface area contributed by atoms with Gasteiger partial charge in [0.1, 0.15) is 0 Å². The van der Waals surface area contributed by atoms with Crippen LogP contribution in [-0.4, -0.2) is 24.7 Å². The molecule has 0 aliphatic rings. The van der Waals surface area contributed by atoms with Crippen molar-refractivity contribution in [3.05, 3.63) is 64.4 Å². The van der Waals surface area contributed by atoms with Crippen molar-refractivity contribution in [2.75, 3.05) is 19.5 Å². The minimum atomic E-state index is -0.360. The number of aryl methyl sites for hydroxylation is 1. The number of hydrogen-bond donors (Lipinski definition) is 1. The second-order valence-electron chi connectivity index (χ2n) is 5.50. The number of anilines is 1. The van der Waals surface area contributed by atoms with E-state index in [1.165, 1.54) is 17.7 Å². The molecule has 25 heavy (non-hydrogen) atoms. The summed E-state index contributed by atoms with van der Waals surface area (Å²) in [6.45, 7) is 0. The number of carbonyl (C=O) groups is 1. The van der Waals surface area contributed by atoms with E-state index in [0.29, 0.717) is 33.7 Å². The molecule has 3 rings (SSSR count). The smallest absolute Gasteiger partial charge is 0.256 e. The number of fused-ring (bicyclic) bond motifs is 1. The van der Waals surface area contributed by atoms with E-state index in [-0.39, 0.29) is 11.5 Å². The summed E-state index contributed by atoms with van der Waals surface area (Å²) in [7, 11) is 4.75. The average Bonchev–Trinajstić information content (AvgIpc) is 2.64. The molecule has 128 valence electrons. The fraction of sp³-hybridized carbons (Fsp3) is 0.158. The predicted molar refractivity (Wildman–Crippen MR) is 96.7 cm³/mol. The van der Waals surface area contributed by atoms with Crippen LogP contribution in [0.3, 0.4) is 0 Å². The van der Waals surface area contributed by atoms with Crippen LogP contribution in [0.2, 0.25) is 0 Å². The van der Waals surface area contributed by atoms with E-state index in [1.54, 1.807) is 32.4 Å². The molecule has 2 aromatic carbocycles. The molecule has 0 bridgehead atoms. The molecular weight excluding hydrogens is 320 g/mol. The van der Waals surface area contributed by atoms with E-state index in [4.69, 9.17) is 9.47 Å². The summed E-state index contributed by atoms with van der Waals surface area (Å²) in [6, 6.07) is 13.7. The molecule has 0 atom stereocenters. The number of benzene rings is 2. The zero-order valence-corrected chi connectivity index (χ0v) is 14.2. The first-order chi connectivity index (χ1) is 12.0. The lowest BCUT2D eigenvalue weighted by molar-refractivity contribution is 0.102. The van der Waals surface area contributed by atoms with Crippen LogP contribution in [0.4, 0.5) is 5.69 Å². The molecule has 0 fully saturated rings. The molecule has 0 saturated carbocycles. The summed E-state index contributed by atoms with van der Waals surface area (Å²) in [5, 5.41) is 3.51. The average molecular weight is 338 g/mol. The Labute approximate surface area is 144 Å². The molecule has 0 aliphatic heterocycles. The number of hydrogen-bond acceptors (Lipinski definition) is 4. The Hall–Kier alpha value is -3.28. The summed E-state index contributed by atoms with van der Waals surface area (Å²) in [4.78, 5) is 24.9. The maximum absolute atomic E-state index is 12.7. The molecule has 1 heterocycles. The fourth-order valence-electron chi connectivity index (χ4n) is 2.71. The molecule has 0 aliphatic carbocycles. The SMILES string of the molecule is COc1ccc(NC(=O)c2cc(=O)n(C)c3ccccc23)cc1OC. The van der Waals surface area contributed by atoms with Crippen LogP contribution in [0, 0.1) is 0 Å². The minimum absolute atomic E-state index is 0.240. The highest BCUT2D eigenvalue weighted by Crippen LogP contribution is 2.30. The van der Waals surface area contributed by atoms with Crippen molar-refractivity contribution >= 4 is 22.5 Å². The van der Waals surface area contributed by atoms with Crippen LogP contribution < -0.4 is 20.3 Å². The monoisotopic (exact) mass is 338 g/mol. The molecule has 6 nitrogen and oxygen atoms in total. The molecule has 6 heteroatoms. The second-order valence-corrected chi connectivity index (χ2v) is 5.50. The van der Waals surface area contributed by atoms with Gasteiger partial charge in [0.15, 0.2) is 11.5 Å². The maximum Gasteiger partial charge on any atom is 0.256 e. The normalized spacial score (nSPS) is 10.5. The van der Waals surface area contributed by atoms with Crippen LogP contribution in [0.25, 0.3) is 10.9 Å². The number of carbonyl (C=O) groups excluding carboxylic acids is 1. The third-order valence-electron chi connectivity index (χ3n) is 4.04. The van der Waals surface area contributed by atoms with E-state index in [1.807, 2.05) is 24.3 Å². The number of nitrogens with zero attached hydrogens (tertiary/aromatic N) is 1. The maximum atomic E-state index is 12.7. The highest BCUT2D eigenvalue weighted by atomic mass is 16.5. The first-order valence-corrected chi connectivity index (χ1v) is 7.67. The van der Waals surface area contributed by atoms with Crippen molar-refractivity contribution in [1.82, 2.24) is 4.57 Å². The fourth-order valence-corrected chi connectivity index (χ4v) is 2.71. The first kappa shape index (κ1) is 16.6. The van der Waals surface area contributed by atoms with E-state index in [2.05, 4.69) is 5.32 Å². The quantitative estimate of drug-likeness (QED) is 0.794. The summed E-state index contributed by atoms with van der Waals surface area (Å²) >= 11 is 0. The van der Waals surface area contributed by atoms with Crippen molar-refractivity contribution in [3.8, 4) is 11.5 Å². The highest BCUT2D eigenvalue weighted by Gasteiger charge is 2.14. The van der Waals surface area contributed by atoms with E-state index in [0.717, 1.165) is 0 Å². The number of amides is 1. The lowest BCUT2D eigenvalue weighted by Crippen LogP contribution is -2.21. The second kappa shape index (κ2) is 6.68. The van der Waals surface area contributed by atoms with Crippen molar-refractivity contribution in [2.24, 2.45) is 7.05 Å². The van der Waals surface area contributed by atoms with Gasteiger partial charge in [-0.3, -0.25) is 9.59 Å². The van der Waals surface area contributed by atoms with Crippen LogP contribution >= 0.6 is 0 Å². The molecule has 1 amide bonds. The van der Waals surface area contributed by atoms with Gasteiger partial charge < -0.3 is 19.4 Å². The number of methoxy groups -OCH3 is 2. The topological polar surface area (TPSA) is 69.6 Å². The lowest BCUT2D eigenvalue weighted by Gasteiger charge is -2.12. The predicted octanol–water partition coefficient (Wildman–Crippen LogP) is 2.81. The van der Waals surface area contributed by atoms with Gasteiger partial charge in [0.2, 0.25) is 0 Å². The number of aromatic nitrogens is 1. The van der Waals surface area contributed by atoms with Crippen molar-refractivity contribution < 1.29 is 14.3 Å². The molecule has 3 aromatic rings. The third-order valence-corrected chi connectivity index (χ3v) is 4.04. The van der Waals surface area contributed by atoms with Gasteiger partial charge >= 0.3 is 0 Å². The largest absolute Gasteiger partial charge is 0.493 e. The molecule has 1 N–H and O–H groups in total. The van der Waals surface area contributed by atoms with Crippen molar-refractivity contribution in [2.45, 2.75) is 0 Å². The van der Waals surface area contributed by atoms with Gasteiger partial charge in [-0.15, -0.1) is 0 Å². The van der Waals surface area contributed by atoms with Gasteiger partial charge in [-0.1, -0.05) is 18.2 Å². The van der Waals surface area contributed by atoms with Crippen LogP contribution in [0.5, 0.6) is 11.5 Å². The van der Waals surface area contributed by atoms with Gasteiger partial charge in [-0.25, -0.2) is 0 Å². The van der Waals surface area contributed by atoms with Crippen LogP contribution in [-0.2, 0) is 7.05 Å². The standard InChI is InChI=1S/C19H18N2O4/c1-21-15-7-5-4-6-13(15)14(11-18(21)22)19(23)20-12-8-9-16(24-2)17(10-12)25-3/h4-11H,1-3H3,(H,20,23). The van der Waals surface area contributed by atoms with Crippen LogP contribution in [0.1, 0.15) is 10.4 Å². The van der Waals surface area contributed by atoms with Gasteiger partial charge in [0.25, 0.3) is 11.5 Å². The Bertz CT molecular complexity index is 1010. The number of ether oxygens (including phenoxy) is 2. The summed E-state index contributed by atoms with van der Waals surface area (Å²) in [5.41, 5.74) is 1.34. The van der Waals surface area contributed by atoms with Gasteiger partial charge in [-0.05, 0) is 18.2 Å². The van der Waals surface area contributed by atoms with Gasteiger partial charge in [0.05, 0.1) is 25.3 Å². The summed E-state index contributed by atoms with van der Waals surface area (Å²) in [5.74, 6) is 0.717. The van der Waals surface area contributed by atoms with Crippen LogP contribution in [0.15, 0.2) is 53.3 Å². The Morgan fingerprint density at radius 1 is 1.00 bits per heavy atom. The lowest BCUT2D eigenvalue weighted by atomic mass is 10.1. The van der Waals surface area contributed by atoms with Gasteiger partial charge in [-0.2, -0.15) is 0 Å². The number of para-hydroxylation sites is 1. The molecular formula is C19H18N2O4. The third kappa shape index (κ3) is 3.06. The van der Waals surface area contributed by atoms with E-state index < -0.39 is 0 Å². The minimum Gasteiger partial charge on any atom is -0.493 e.